The van der Waals surface area contributed by atoms with Crippen LogP contribution in [0.15, 0.2) is 70.1 Å². The van der Waals surface area contributed by atoms with Gasteiger partial charge in [0.1, 0.15) is 11.5 Å². The SMILES string of the molecule is Cc1ccc(C2=NN(C)C(C3=C(N)N(C)CC(c4ccc(C(=O)N(C)C)cc4)=N3)O2)cc1. The Bertz CT molecular complexity index is 1120. The molecule has 2 N–H and O–H groups in total. The van der Waals surface area contributed by atoms with Crippen LogP contribution in [0.25, 0.3) is 0 Å². The molecular weight excluding hydrogens is 404 g/mol. The van der Waals surface area contributed by atoms with Crippen molar-refractivity contribution in [1.82, 2.24) is 14.8 Å². The minimum atomic E-state index is -0.529. The molecule has 2 aromatic rings. The van der Waals surface area contributed by atoms with E-state index in [4.69, 9.17) is 15.5 Å². The molecule has 166 valence electrons. The Hall–Kier alpha value is -3.81. The maximum absolute atomic E-state index is 12.2. The van der Waals surface area contributed by atoms with Crippen LogP contribution < -0.4 is 5.73 Å². The van der Waals surface area contributed by atoms with Gasteiger partial charge >= 0.3 is 0 Å². The summed E-state index contributed by atoms with van der Waals surface area (Å²) in [6.07, 6.45) is -0.529. The summed E-state index contributed by atoms with van der Waals surface area (Å²) in [6, 6.07) is 15.5. The number of amides is 1. The number of carbonyl (C=O) groups is 1. The Morgan fingerprint density at radius 1 is 1.06 bits per heavy atom. The second-order valence-electron chi connectivity index (χ2n) is 8.28. The van der Waals surface area contributed by atoms with E-state index in [1.807, 2.05) is 74.4 Å². The number of aryl methyl sites for hydroxylation is 1. The molecule has 0 saturated heterocycles. The quantitative estimate of drug-likeness (QED) is 0.801. The molecule has 2 heterocycles. The fourth-order valence-electron chi connectivity index (χ4n) is 3.60. The van der Waals surface area contributed by atoms with E-state index >= 15 is 0 Å². The van der Waals surface area contributed by atoms with E-state index in [2.05, 4.69) is 5.10 Å². The molecule has 2 aliphatic rings. The number of hydrogen-bond acceptors (Lipinski definition) is 7. The first-order valence-corrected chi connectivity index (χ1v) is 10.4. The van der Waals surface area contributed by atoms with Gasteiger partial charge in [0.15, 0.2) is 0 Å². The van der Waals surface area contributed by atoms with E-state index < -0.39 is 6.23 Å². The van der Waals surface area contributed by atoms with Crippen molar-refractivity contribution in [3.05, 3.63) is 82.3 Å². The first-order chi connectivity index (χ1) is 15.2. The number of benzene rings is 2. The molecule has 8 heteroatoms. The molecule has 0 bridgehead atoms. The number of nitrogens with zero attached hydrogens (tertiary/aromatic N) is 5. The highest BCUT2D eigenvalue weighted by Crippen LogP contribution is 2.27. The van der Waals surface area contributed by atoms with E-state index in [0.717, 1.165) is 16.8 Å². The summed E-state index contributed by atoms with van der Waals surface area (Å²) in [5, 5.41) is 6.29. The molecule has 2 aliphatic heterocycles. The minimum Gasteiger partial charge on any atom is -0.444 e. The van der Waals surface area contributed by atoms with Crippen molar-refractivity contribution in [3.63, 3.8) is 0 Å². The van der Waals surface area contributed by atoms with E-state index in [1.165, 1.54) is 5.56 Å². The topological polar surface area (TPSA) is 86.8 Å². The first kappa shape index (κ1) is 21.4. The zero-order valence-electron chi connectivity index (χ0n) is 19.0. The Balaban J connectivity index is 1.60. The van der Waals surface area contributed by atoms with Gasteiger partial charge in [-0.2, -0.15) is 0 Å². The molecule has 0 aromatic heterocycles. The van der Waals surface area contributed by atoms with Gasteiger partial charge in [0.05, 0.1) is 12.3 Å². The van der Waals surface area contributed by atoms with Crippen molar-refractivity contribution >= 4 is 17.5 Å². The zero-order valence-corrected chi connectivity index (χ0v) is 19.0. The van der Waals surface area contributed by atoms with Gasteiger partial charge in [-0.3, -0.25) is 9.80 Å². The Kier molecular flexibility index (Phi) is 5.61. The van der Waals surface area contributed by atoms with Crippen molar-refractivity contribution in [2.24, 2.45) is 15.8 Å². The molecule has 4 rings (SSSR count). The molecule has 8 nitrogen and oxygen atoms in total. The summed E-state index contributed by atoms with van der Waals surface area (Å²) in [7, 11) is 7.24. The molecular formula is C24H28N6O2. The number of carbonyl (C=O) groups excluding carboxylic acids is 1. The molecule has 1 amide bonds. The van der Waals surface area contributed by atoms with Crippen LogP contribution in [0, 0.1) is 6.92 Å². The van der Waals surface area contributed by atoms with E-state index in [1.54, 1.807) is 24.0 Å². The summed E-state index contributed by atoms with van der Waals surface area (Å²) in [5.41, 5.74) is 11.5. The Labute approximate surface area is 188 Å². The summed E-state index contributed by atoms with van der Waals surface area (Å²) >= 11 is 0. The molecule has 32 heavy (non-hydrogen) atoms. The highest BCUT2D eigenvalue weighted by atomic mass is 16.5. The van der Waals surface area contributed by atoms with Crippen molar-refractivity contribution < 1.29 is 9.53 Å². The van der Waals surface area contributed by atoms with Gasteiger partial charge < -0.3 is 20.3 Å². The van der Waals surface area contributed by atoms with Gasteiger partial charge in [-0.15, -0.1) is 5.10 Å². The van der Waals surface area contributed by atoms with Gasteiger partial charge in [0.25, 0.3) is 5.91 Å². The molecule has 2 aromatic carbocycles. The van der Waals surface area contributed by atoms with Gasteiger partial charge in [0.2, 0.25) is 12.1 Å². The summed E-state index contributed by atoms with van der Waals surface area (Å²) in [5.74, 6) is 1.05. The fourth-order valence-corrected chi connectivity index (χ4v) is 3.60. The minimum absolute atomic E-state index is 0.0363. The summed E-state index contributed by atoms with van der Waals surface area (Å²) in [6.45, 7) is 2.59. The number of nitrogens with two attached hydrogens (primary N) is 1. The van der Waals surface area contributed by atoms with Gasteiger partial charge in [-0.05, 0) is 36.8 Å². The van der Waals surface area contributed by atoms with E-state index in [-0.39, 0.29) is 5.91 Å². The smallest absolute Gasteiger partial charge is 0.253 e. The van der Waals surface area contributed by atoms with E-state index in [9.17, 15) is 4.79 Å². The summed E-state index contributed by atoms with van der Waals surface area (Å²) < 4.78 is 6.17. The average molecular weight is 433 g/mol. The van der Waals surface area contributed by atoms with Crippen LogP contribution in [0.4, 0.5) is 0 Å². The first-order valence-electron chi connectivity index (χ1n) is 10.4. The second kappa shape index (κ2) is 8.37. The highest BCUT2D eigenvalue weighted by Gasteiger charge is 2.34. The summed E-state index contributed by atoms with van der Waals surface area (Å²) in [4.78, 5) is 20.5. The lowest BCUT2D eigenvalue weighted by Crippen LogP contribution is -2.39. The lowest BCUT2D eigenvalue weighted by atomic mass is 10.0. The third kappa shape index (κ3) is 4.03. The second-order valence-corrected chi connectivity index (χ2v) is 8.28. The van der Waals surface area contributed by atoms with Crippen LogP contribution in [0.3, 0.4) is 0 Å². The maximum Gasteiger partial charge on any atom is 0.253 e. The monoisotopic (exact) mass is 432 g/mol. The van der Waals surface area contributed by atoms with Gasteiger partial charge in [0, 0.05) is 39.3 Å². The Morgan fingerprint density at radius 3 is 2.31 bits per heavy atom. The lowest BCUT2D eigenvalue weighted by Gasteiger charge is -2.30. The normalized spacial score (nSPS) is 18.3. The fraction of sp³-hybridized carbons (Fsp3) is 0.292. The maximum atomic E-state index is 12.2. The number of aliphatic imine (C=N–C) groups is 1. The van der Waals surface area contributed by atoms with Crippen molar-refractivity contribution in [2.75, 3.05) is 34.7 Å². The Morgan fingerprint density at radius 2 is 1.69 bits per heavy atom. The van der Waals surface area contributed by atoms with Gasteiger partial charge in [-0.1, -0.05) is 29.8 Å². The molecule has 1 unspecified atom stereocenters. The van der Waals surface area contributed by atoms with Crippen LogP contribution in [0.1, 0.15) is 27.0 Å². The number of hydrogen-bond donors (Lipinski definition) is 1. The number of rotatable bonds is 4. The van der Waals surface area contributed by atoms with E-state index in [0.29, 0.717) is 29.5 Å². The number of ether oxygens (including phenoxy) is 1. The molecule has 0 fully saturated rings. The standard InChI is InChI=1S/C24H28N6O2/c1-15-6-8-17(9-7-15)22-27-30(5)24(32-22)20-21(25)29(4)14-19(26-20)16-10-12-18(13-11-16)23(31)28(2)3/h6-13,24H,14,25H2,1-5H3. The largest absolute Gasteiger partial charge is 0.444 e. The third-order valence-electron chi connectivity index (χ3n) is 5.53. The van der Waals surface area contributed by atoms with Crippen LogP contribution in [-0.4, -0.2) is 73.3 Å². The highest BCUT2D eigenvalue weighted by molar-refractivity contribution is 6.04. The third-order valence-corrected chi connectivity index (χ3v) is 5.53. The predicted molar refractivity (Wildman–Crippen MR) is 125 cm³/mol. The predicted octanol–water partition coefficient (Wildman–Crippen LogP) is 2.21. The number of likely N-dealkylation sites (N-methyl/N-ethyl adjacent to an activating group) is 2. The molecule has 0 aliphatic carbocycles. The van der Waals surface area contributed by atoms with Crippen LogP contribution in [-0.2, 0) is 4.74 Å². The molecule has 0 spiro atoms. The molecule has 1 atom stereocenters. The van der Waals surface area contributed by atoms with Crippen LogP contribution in [0.5, 0.6) is 0 Å². The van der Waals surface area contributed by atoms with Crippen molar-refractivity contribution in [2.45, 2.75) is 13.2 Å². The van der Waals surface area contributed by atoms with Crippen LogP contribution in [0.2, 0.25) is 0 Å². The molecule has 0 radical (unpaired) electrons. The van der Waals surface area contributed by atoms with Crippen LogP contribution >= 0.6 is 0 Å². The zero-order chi connectivity index (χ0) is 23.0. The number of hydrazone groups is 1. The van der Waals surface area contributed by atoms with Crippen molar-refractivity contribution in [3.8, 4) is 0 Å². The lowest BCUT2D eigenvalue weighted by molar-refractivity contribution is 0.0827. The van der Waals surface area contributed by atoms with Crippen molar-refractivity contribution in [1.29, 1.82) is 0 Å². The average Bonchev–Trinajstić information content (AvgIpc) is 3.17. The molecule has 0 saturated carbocycles. The van der Waals surface area contributed by atoms with Gasteiger partial charge in [-0.25, -0.2) is 4.99 Å².